The highest BCUT2D eigenvalue weighted by Gasteiger charge is 2.15. The molecular weight excluding hydrogens is 264 g/mol. The summed E-state index contributed by atoms with van der Waals surface area (Å²) < 4.78 is 1.52. The summed E-state index contributed by atoms with van der Waals surface area (Å²) in [4.78, 5) is 16.7. The molecule has 4 nitrogen and oxygen atoms in total. The minimum atomic E-state index is -0.271. The predicted molar refractivity (Wildman–Crippen MR) is 81.7 cm³/mol. The smallest absolute Gasteiger partial charge is 0.265 e. The fourth-order valence-electron chi connectivity index (χ4n) is 2.19. The van der Waals surface area contributed by atoms with Crippen molar-refractivity contribution in [2.75, 3.05) is 0 Å². The number of hydrogen-bond acceptors (Lipinski definition) is 3. The van der Waals surface area contributed by atoms with Crippen LogP contribution in [0.2, 0.25) is 0 Å². The lowest BCUT2D eigenvalue weighted by atomic mass is 10.2. The third-order valence-electron chi connectivity index (χ3n) is 3.33. The van der Waals surface area contributed by atoms with Crippen LogP contribution in [0.25, 0.3) is 17.1 Å². The summed E-state index contributed by atoms with van der Waals surface area (Å²) in [5.41, 5.74) is 1.46. The molecular formula is C17H14N2O2. The lowest BCUT2D eigenvalue weighted by Gasteiger charge is -2.13. The molecule has 0 amide bonds. The molecule has 3 aromatic rings. The Morgan fingerprint density at radius 3 is 2.14 bits per heavy atom. The lowest BCUT2D eigenvalue weighted by Crippen LogP contribution is -2.23. The summed E-state index contributed by atoms with van der Waals surface area (Å²) in [6.45, 7) is 1.57. The van der Waals surface area contributed by atoms with Gasteiger partial charge < -0.3 is 5.11 Å². The van der Waals surface area contributed by atoms with Gasteiger partial charge >= 0.3 is 0 Å². The molecule has 0 fully saturated rings. The van der Waals surface area contributed by atoms with E-state index in [0.717, 1.165) is 11.3 Å². The van der Waals surface area contributed by atoms with Crippen LogP contribution >= 0.6 is 0 Å². The van der Waals surface area contributed by atoms with Crippen molar-refractivity contribution >= 4 is 0 Å². The van der Waals surface area contributed by atoms with Gasteiger partial charge in [0.2, 0.25) is 5.88 Å². The van der Waals surface area contributed by atoms with E-state index in [-0.39, 0.29) is 17.0 Å². The van der Waals surface area contributed by atoms with Gasteiger partial charge in [-0.2, -0.15) is 4.98 Å². The standard InChI is InChI=1S/C17H14N2O2/c1-12-16(20)18-15(13-8-4-2-5-9-13)19(17(12)21)14-10-6-3-7-11-14/h2-11,20H,1H3. The highest BCUT2D eigenvalue weighted by Crippen LogP contribution is 2.22. The highest BCUT2D eigenvalue weighted by molar-refractivity contribution is 5.59. The Bertz CT molecular complexity index is 825. The molecule has 0 aliphatic carbocycles. The molecule has 4 heteroatoms. The van der Waals surface area contributed by atoms with E-state index in [2.05, 4.69) is 4.98 Å². The molecule has 0 bridgehead atoms. The van der Waals surface area contributed by atoms with E-state index in [1.807, 2.05) is 60.7 Å². The molecule has 0 aliphatic rings. The summed E-state index contributed by atoms with van der Waals surface area (Å²) in [6.07, 6.45) is 0. The Balaban J connectivity index is 2.37. The first-order valence-corrected chi connectivity index (χ1v) is 6.62. The molecule has 0 atom stereocenters. The van der Waals surface area contributed by atoms with E-state index >= 15 is 0 Å². The molecule has 3 rings (SSSR count). The van der Waals surface area contributed by atoms with Gasteiger partial charge in [0.25, 0.3) is 5.56 Å². The monoisotopic (exact) mass is 278 g/mol. The molecule has 0 saturated heterocycles. The maximum absolute atomic E-state index is 12.5. The number of rotatable bonds is 2. The zero-order chi connectivity index (χ0) is 14.8. The number of nitrogens with zero attached hydrogens (tertiary/aromatic N) is 2. The fourth-order valence-corrected chi connectivity index (χ4v) is 2.19. The summed E-state index contributed by atoms with van der Waals surface area (Å²) in [6, 6.07) is 18.6. The first-order chi connectivity index (χ1) is 10.2. The van der Waals surface area contributed by atoms with E-state index in [0.29, 0.717) is 5.82 Å². The average molecular weight is 278 g/mol. The summed E-state index contributed by atoms with van der Waals surface area (Å²) >= 11 is 0. The van der Waals surface area contributed by atoms with Crippen LogP contribution in [0.3, 0.4) is 0 Å². The molecule has 0 saturated carbocycles. The largest absolute Gasteiger partial charge is 0.493 e. The van der Waals surface area contributed by atoms with Crippen molar-refractivity contribution in [1.29, 1.82) is 0 Å². The van der Waals surface area contributed by atoms with E-state index in [9.17, 15) is 9.90 Å². The Morgan fingerprint density at radius 1 is 0.952 bits per heavy atom. The van der Waals surface area contributed by atoms with Gasteiger partial charge in [-0.25, -0.2) is 0 Å². The Labute approximate surface area is 122 Å². The first kappa shape index (κ1) is 13.1. The molecule has 1 N–H and O–H groups in total. The molecule has 1 aromatic heterocycles. The van der Waals surface area contributed by atoms with E-state index in [4.69, 9.17) is 0 Å². The van der Waals surface area contributed by atoms with Gasteiger partial charge in [0.15, 0.2) is 5.82 Å². The Morgan fingerprint density at radius 2 is 1.52 bits per heavy atom. The molecule has 0 aliphatic heterocycles. The quantitative estimate of drug-likeness (QED) is 0.784. The van der Waals surface area contributed by atoms with Crippen LogP contribution in [0.15, 0.2) is 65.5 Å². The third-order valence-corrected chi connectivity index (χ3v) is 3.33. The van der Waals surface area contributed by atoms with Gasteiger partial charge in [0, 0.05) is 5.56 Å². The lowest BCUT2D eigenvalue weighted by molar-refractivity contribution is 0.445. The number of benzene rings is 2. The minimum absolute atomic E-state index is 0.231. The second kappa shape index (κ2) is 5.25. The average Bonchev–Trinajstić information content (AvgIpc) is 2.54. The van der Waals surface area contributed by atoms with Gasteiger partial charge in [-0.15, -0.1) is 0 Å². The second-order valence-electron chi connectivity index (χ2n) is 4.73. The first-order valence-electron chi connectivity index (χ1n) is 6.62. The van der Waals surface area contributed by atoms with Crippen molar-refractivity contribution in [3.05, 3.63) is 76.6 Å². The minimum Gasteiger partial charge on any atom is -0.493 e. The molecule has 0 spiro atoms. The third kappa shape index (κ3) is 2.31. The summed E-state index contributed by atoms with van der Waals surface area (Å²) in [5, 5.41) is 9.89. The SMILES string of the molecule is Cc1c(O)nc(-c2ccccc2)n(-c2ccccc2)c1=O. The van der Waals surface area contributed by atoms with Crippen molar-refractivity contribution in [2.24, 2.45) is 0 Å². The van der Waals surface area contributed by atoms with Crippen LogP contribution in [-0.4, -0.2) is 14.7 Å². The van der Waals surface area contributed by atoms with Gasteiger partial charge in [-0.05, 0) is 19.1 Å². The van der Waals surface area contributed by atoms with Crippen LogP contribution in [0.1, 0.15) is 5.56 Å². The van der Waals surface area contributed by atoms with E-state index in [1.54, 1.807) is 6.92 Å². The molecule has 104 valence electrons. The zero-order valence-electron chi connectivity index (χ0n) is 11.5. The number of aromatic hydroxyl groups is 1. The molecule has 2 aromatic carbocycles. The van der Waals surface area contributed by atoms with Gasteiger partial charge in [-0.1, -0.05) is 48.5 Å². The number of aromatic nitrogens is 2. The fraction of sp³-hybridized carbons (Fsp3) is 0.0588. The highest BCUT2D eigenvalue weighted by atomic mass is 16.3. The Kier molecular flexibility index (Phi) is 3.28. The molecule has 0 unspecified atom stereocenters. The molecule has 1 heterocycles. The van der Waals surface area contributed by atoms with Crippen molar-refractivity contribution in [3.63, 3.8) is 0 Å². The summed E-state index contributed by atoms with van der Waals surface area (Å²) in [7, 11) is 0. The zero-order valence-corrected chi connectivity index (χ0v) is 11.5. The number of hydrogen-bond donors (Lipinski definition) is 1. The van der Waals surface area contributed by atoms with Crippen LogP contribution < -0.4 is 5.56 Å². The maximum Gasteiger partial charge on any atom is 0.265 e. The second-order valence-corrected chi connectivity index (χ2v) is 4.73. The van der Waals surface area contributed by atoms with Crippen LogP contribution in [0.5, 0.6) is 5.88 Å². The summed E-state index contributed by atoms with van der Waals surface area (Å²) in [5.74, 6) is 0.195. The van der Waals surface area contributed by atoms with Crippen molar-refractivity contribution in [3.8, 4) is 23.0 Å². The van der Waals surface area contributed by atoms with Crippen LogP contribution in [0, 0.1) is 6.92 Å². The van der Waals surface area contributed by atoms with Gasteiger partial charge in [0.1, 0.15) is 0 Å². The van der Waals surface area contributed by atoms with Crippen LogP contribution in [-0.2, 0) is 0 Å². The normalized spacial score (nSPS) is 10.5. The van der Waals surface area contributed by atoms with Crippen LogP contribution in [0.4, 0.5) is 0 Å². The predicted octanol–water partition coefficient (Wildman–Crippen LogP) is 2.91. The number of para-hydroxylation sites is 1. The van der Waals surface area contributed by atoms with Gasteiger partial charge in [-0.3, -0.25) is 9.36 Å². The van der Waals surface area contributed by atoms with E-state index < -0.39 is 0 Å². The molecule has 0 radical (unpaired) electrons. The molecule has 21 heavy (non-hydrogen) atoms. The Hall–Kier alpha value is -2.88. The van der Waals surface area contributed by atoms with Gasteiger partial charge in [0.05, 0.1) is 11.3 Å². The topological polar surface area (TPSA) is 55.1 Å². The van der Waals surface area contributed by atoms with Crippen molar-refractivity contribution in [1.82, 2.24) is 9.55 Å². The van der Waals surface area contributed by atoms with E-state index in [1.165, 1.54) is 4.57 Å². The van der Waals surface area contributed by atoms with Crippen molar-refractivity contribution < 1.29 is 5.11 Å². The maximum atomic E-state index is 12.5. The van der Waals surface area contributed by atoms with Crippen molar-refractivity contribution in [2.45, 2.75) is 6.92 Å².